The molecular weight excluding hydrogens is 384 g/mol. The molecule has 0 saturated carbocycles. The van der Waals surface area contributed by atoms with Gasteiger partial charge in [0, 0.05) is 23.1 Å². The monoisotopic (exact) mass is 404 g/mol. The minimum absolute atomic E-state index is 0.0801. The number of carbonyl (C=O) groups is 3. The highest BCUT2D eigenvalue weighted by atomic mass is 79.9. The molecule has 6 heteroatoms. The molecule has 2 atom stereocenters. The quantitative estimate of drug-likeness (QED) is 0.603. The van der Waals surface area contributed by atoms with E-state index in [1.165, 1.54) is 4.90 Å². The van der Waals surface area contributed by atoms with Gasteiger partial charge >= 0.3 is 0 Å². The van der Waals surface area contributed by atoms with E-state index >= 15 is 0 Å². The molecule has 5 nitrogen and oxygen atoms in total. The molecule has 25 heavy (non-hydrogen) atoms. The van der Waals surface area contributed by atoms with Crippen LogP contribution in [-0.4, -0.2) is 29.2 Å². The molecule has 1 aliphatic heterocycles. The molecule has 1 heterocycles. The Morgan fingerprint density at radius 2 is 1.84 bits per heavy atom. The van der Waals surface area contributed by atoms with Gasteiger partial charge in [0.25, 0.3) is 0 Å². The Kier molecular flexibility index (Phi) is 5.37. The van der Waals surface area contributed by atoms with Crippen LogP contribution in [0.25, 0.3) is 0 Å². The number of likely N-dealkylation sites (tertiary alicyclic amines) is 1. The lowest BCUT2D eigenvalue weighted by atomic mass is 9.85. The van der Waals surface area contributed by atoms with Crippen molar-refractivity contribution in [3.05, 3.63) is 40.4 Å². The number of benzene rings is 1. The second-order valence-electron chi connectivity index (χ2n) is 6.59. The molecule has 1 aromatic rings. The number of aryl methyl sites for hydroxylation is 1. The van der Waals surface area contributed by atoms with Crippen molar-refractivity contribution in [2.45, 2.75) is 32.6 Å². The number of hydrogen-bond acceptors (Lipinski definition) is 3. The summed E-state index contributed by atoms with van der Waals surface area (Å²) in [6.45, 7) is 2.25. The van der Waals surface area contributed by atoms with Crippen LogP contribution in [0.4, 0.5) is 5.69 Å². The van der Waals surface area contributed by atoms with Crippen LogP contribution in [-0.2, 0) is 14.4 Å². The predicted molar refractivity (Wildman–Crippen MR) is 98.8 cm³/mol. The fourth-order valence-corrected chi connectivity index (χ4v) is 3.94. The zero-order valence-corrected chi connectivity index (χ0v) is 15.7. The third kappa shape index (κ3) is 3.84. The van der Waals surface area contributed by atoms with E-state index in [2.05, 4.69) is 21.2 Å². The van der Waals surface area contributed by atoms with Crippen LogP contribution < -0.4 is 5.32 Å². The van der Waals surface area contributed by atoms with Crippen molar-refractivity contribution in [2.75, 3.05) is 11.9 Å². The molecule has 2 aliphatic rings. The number of imide groups is 1. The first kappa shape index (κ1) is 17.9. The Hall–Kier alpha value is -1.95. The number of nitrogens with zero attached hydrogens (tertiary/aromatic N) is 1. The van der Waals surface area contributed by atoms with Crippen LogP contribution in [0.3, 0.4) is 0 Å². The lowest BCUT2D eigenvalue weighted by Crippen LogP contribution is -2.32. The van der Waals surface area contributed by atoms with Gasteiger partial charge < -0.3 is 5.32 Å². The van der Waals surface area contributed by atoms with E-state index in [9.17, 15) is 14.4 Å². The van der Waals surface area contributed by atoms with Gasteiger partial charge in [-0.3, -0.25) is 19.3 Å². The highest BCUT2D eigenvalue weighted by Gasteiger charge is 2.46. The van der Waals surface area contributed by atoms with Gasteiger partial charge in [-0.1, -0.05) is 28.1 Å². The number of fused-ring (bicyclic) bond motifs is 1. The van der Waals surface area contributed by atoms with Gasteiger partial charge in [0.15, 0.2) is 0 Å². The molecule has 0 bridgehead atoms. The summed E-state index contributed by atoms with van der Waals surface area (Å²) in [5, 5.41) is 2.88. The van der Waals surface area contributed by atoms with Crippen LogP contribution in [0.15, 0.2) is 34.8 Å². The van der Waals surface area contributed by atoms with Gasteiger partial charge in [0.2, 0.25) is 17.7 Å². The van der Waals surface area contributed by atoms with Gasteiger partial charge in [-0.15, -0.1) is 0 Å². The summed E-state index contributed by atoms with van der Waals surface area (Å²) in [6.07, 6.45) is 6.00. The van der Waals surface area contributed by atoms with Crippen LogP contribution >= 0.6 is 15.9 Å². The minimum atomic E-state index is -0.197. The molecule has 3 amide bonds. The molecule has 0 unspecified atom stereocenters. The van der Waals surface area contributed by atoms with E-state index in [4.69, 9.17) is 0 Å². The maximum absolute atomic E-state index is 12.4. The van der Waals surface area contributed by atoms with Crippen molar-refractivity contribution < 1.29 is 14.4 Å². The average Bonchev–Trinajstić information content (AvgIpc) is 2.83. The number of anilines is 1. The lowest BCUT2D eigenvalue weighted by Gasteiger charge is -2.14. The maximum Gasteiger partial charge on any atom is 0.233 e. The Bertz CT molecular complexity index is 718. The first-order chi connectivity index (χ1) is 12.0. The van der Waals surface area contributed by atoms with E-state index in [1.807, 2.05) is 37.3 Å². The molecule has 1 aromatic carbocycles. The zero-order chi connectivity index (χ0) is 18.0. The summed E-state index contributed by atoms with van der Waals surface area (Å²) >= 11 is 3.39. The smallest absolute Gasteiger partial charge is 0.233 e. The fraction of sp³-hybridized carbons (Fsp3) is 0.421. The standard InChI is InChI=1S/C19H21BrN2O3/c1-12-11-13(20)8-9-16(12)21-17(23)7-4-10-22-18(24)14-5-2-3-6-15(14)19(22)25/h2-3,8-9,11,14-15H,4-7,10H2,1H3,(H,21,23)/t14-,15-/m0/s1. The van der Waals surface area contributed by atoms with E-state index in [1.54, 1.807) is 0 Å². The molecule has 3 rings (SSSR count). The van der Waals surface area contributed by atoms with E-state index in [0.29, 0.717) is 25.8 Å². The number of carbonyl (C=O) groups excluding carboxylic acids is 3. The molecule has 1 aliphatic carbocycles. The zero-order valence-electron chi connectivity index (χ0n) is 14.1. The Labute approximate surface area is 155 Å². The number of nitrogens with one attached hydrogen (secondary N) is 1. The molecule has 1 fully saturated rings. The molecule has 0 radical (unpaired) electrons. The van der Waals surface area contributed by atoms with Gasteiger partial charge in [-0.05, 0) is 49.9 Å². The van der Waals surface area contributed by atoms with Crippen LogP contribution in [0, 0.1) is 18.8 Å². The van der Waals surface area contributed by atoms with Crippen LogP contribution in [0.1, 0.15) is 31.2 Å². The normalized spacial score (nSPS) is 22.2. The van der Waals surface area contributed by atoms with Gasteiger partial charge in [0.1, 0.15) is 0 Å². The largest absolute Gasteiger partial charge is 0.326 e. The summed E-state index contributed by atoms with van der Waals surface area (Å²) in [7, 11) is 0. The Balaban J connectivity index is 1.50. The van der Waals surface area contributed by atoms with Crippen LogP contribution in [0.2, 0.25) is 0 Å². The Morgan fingerprint density at radius 1 is 1.20 bits per heavy atom. The number of allylic oxidation sites excluding steroid dienone is 2. The third-order valence-electron chi connectivity index (χ3n) is 4.85. The first-order valence-electron chi connectivity index (χ1n) is 8.53. The number of amides is 3. The number of rotatable bonds is 5. The van der Waals surface area contributed by atoms with Gasteiger partial charge in [0.05, 0.1) is 11.8 Å². The van der Waals surface area contributed by atoms with E-state index in [0.717, 1.165) is 15.7 Å². The summed E-state index contributed by atoms with van der Waals surface area (Å²) < 4.78 is 0.963. The lowest BCUT2D eigenvalue weighted by molar-refractivity contribution is -0.140. The fourth-order valence-electron chi connectivity index (χ4n) is 3.47. The topological polar surface area (TPSA) is 66.5 Å². The van der Waals surface area contributed by atoms with Crippen LogP contribution in [0.5, 0.6) is 0 Å². The molecule has 0 aromatic heterocycles. The maximum atomic E-state index is 12.4. The summed E-state index contributed by atoms with van der Waals surface area (Å²) in [4.78, 5) is 38.2. The second kappa shape index (κ2) is 7.52. The Morgan fingerprint density at radius 3 is 2.44 bits per heavy atom. The minimum Gasteiger partial charge on any atom is -0.326 e. The van der Waals surface area contributed by atoms with E-state index in [-0.39, 0.29) is 36.0 Å². The molecule has 132 valence electrons. The summed E-state index contributed by atoms with van der Waals surface area (Å²) in [5.74, 6) is -0.663. The third-order valence-corrected chi connectivity index (χ3v) is 5.34. The SMILES string of the molecule is Cc1cc(Br)ccc1NC(=O)CCCN1C(=O)[C@H]2CC=CC[C@@H]2C1=O. The summed E-state index contributed by atoms with van der Waals surface area (Å²) in [5.41, 5.74) is 1.75. The van der Waals surface area contributed by atoms with Crippen molar-refractivity contribution >= 4 is 39.3 Å². The number of hydrogen-bond donors (Lipinski definition) is 1. The van der Waals surface area contributed by atoms with Crippen molar-refractivity contribution in [1.29, 1.82) is 0 Å². The van der Waals surface area contributed by atoms with Gasteiger partial charge in [-0.25, -0.2) is 0 Å². The highest BCUT2D eigenvalue weighted by Crippen LogP contribution is 2.35. The molecule has 1 saturated heterocycles. The van der Waals surface area contributed by atoms with Gasteiger partial charge in [-0.2, -0.15) is 0 Å². The first-order valence-corrected chi connectivity index (χ1v) is 9.33. The second-order valence-corrected chi connectivity index (χ2v) is 7.51. The molecule has 0 spiro atoms. The highest BCUT2D eigenvalue weighted by molar-refractivity contribution is 9.10. The predicted octanol–water partition coefficient (Wildman–Crippen LogP) is 3.43. The molecule has 1 N–H and O–H groups in total. The summed E-state index contributed by atoms with van der Waals surface area (Å²) in [6, 6.07) is 5.66. The van der Waals surface area contributed by atoms with Crippen molar-refractivity contribution in [3.8, 4) is 0 Å². The van der Waals surface area contributed by atoms with E-state index < -0.39 is 0 Å². The molecular formula is C19H21BrN2O3. The van der Waals surface area contributed by atoms with Crippen molar-refractivity contribution in [3.63, 3.8) is 0 Å². The van der Waals surface area contributed by atoms with Crippen molar-refractivity contribution in [2.24, 2.45) is 11.8 Å². The average molecular weight is 405 g/mol. The number of halogens is 1. The van der Waals surface area contributed by atoms with Crippen molar-refractivity contribution in [1.82, 2.24) is 4.90 Å².